The Morgan fingerprint density at radius 1 is 1.33 bits per heavy atom. The van der Waals surface area contributed by atoms with Crippen LogP contribution in [0.2, 0.25) is 0 Å². The number of carbonyl (C=O) groups is 1. The summed E-state index contributed by atoms with van der Waals surface area (Å²) < 4.78 is 12.7. The summed E-state index contributed by atoms with van der Waals surface area (Å²) >= 11 is 0. The summed E-state index contributed by atoms with van der Waals surface area (Å²) in [6, 6.07) is 6.04. The number of halogens is 1. The van der Waals surface area contributed by atoms with Crippen molar-refractivity contribution in [3.05, 3.63) is 35.6 Å². The molecular formula is C11H13FN2O. The molecule has 1 aliphatic heterocycles. The summed E-state index contributed by atoms with van der Waals surface area (Å²) in [5.74, 6) is 5.36. The van der Waals surface area contributed by atoms with Gasteiger partial charge in [0.15, 0.2) is 0 Å². The van der Waals surface area contributed by atoms with E-state index in [4.69, 9.17) is 5.84 Å². The number of piperidine rings is 1. The summed E-state index contributed by atoms with van der Waals surface area (Å²) in [5, 5.41) is 1.26. The van der Waals surface area contributed by atoms with E-state index in [-0.39, 0.29) is 17.8 Å². The van der Waals surface area contributed by atoms with Crippen molar-refractivity contribution in [2.45, 2.75) is 25.3 Å². The lowest BCUT2D eigenvalue weighted by molar-refractivity contribution is -0.136. The maximum absolute atomic E-state index is 12.7. The van der Waals surface area contributed by atoms with Crippen LogP contribution in [0, 0.1) is 5.82 Å². The molecule has 1 heterocycles. The van der Waals surface area contributed by atoms with Crippen LogP contribution in [0.5, 0.6) is 0 Å². The van der Waals surface area contributed by atoms with Gasteiger partial charge in [-0.1, -0.05) is 12.1 Å². The highest BCUT2D eigenvalue weighted by Gasteiger charge is 2.26. The first-order valence-corrected chi connectivity index (χ1v) is 5.00. The SMILES string of the molecule is NN1C(=O)CCCC1c1ccc(F)cc1. The second-order valence-electron chi connectivity index (χ2n) is 3.76. The first kappa shape index (κ1) is 10.1. The summed E-state index contributed by atoms with van der Waals surface area (Å²) in [6.07, 6.45) is 2.19. The zero-order valence-corrected chi connectivity index (χ0v) is 8.32. The van der Waals surface area contributed by atoms with E-state index < -0.39 is 0 Å². The van der Waals surface area contributed by atoms with Gasteiger partial charge in [-0.05, 0) is 30.5 Å². The van der Waals surface area contributed by atoms with Gasteiger partial charge in [0.2, 0.25) is 5.91 Å². The Bertz CT molecular complexity index is 363. The number of amides is 1. The molecule has 2 rings (SSSR count). The summed E-state index contributed by atoms with van der Waals surface area (Å²) in [5.41, 5.74) is 0.895. The number of nitrogens with zero attached hydrogens (tertiary/aromatic N) is 1. The van der Waals surface area contributed by atoms with Crippen LogP contribution in [-0.4, -0.2) is 10.9 Å². The number of hydrazine groups is 1. The molecule has 0 saturated carbocycles. The Hall–Kier alpha value is -1.42. The molecule has 4 heteroatoms. The maximum Gasteiger partial charge on any atom is 0.237 e. The third kappa shape index (κ3) is 1.99. The molecule has 3 nitrogen and oxygen atoms in total. The smallest absolute Gasteiger partial charge is 0.237 e. The predicted molar refractivity (Wildman–Crippen MR) is 54.0 cm³/mol. The fourth-order valence-corrected chi connectivity index (χ4v) is 1.90. The zero-order valence-electron chi connectivity index (χ0n) is 8.32. The first-order chi connectivity index (χ1) is 7.18. The van der Waals surface area contributed by atoms with Crippen LogP contribution in [-0.2, 0) is 4.79 Å². The molecule has 0 aliphatic carbocycles. The van der Waals surface area contributed by atoms with Gasteiger partial charge in [0.25, 0.3) is 0 Å². The fraction of sp³-hybridized carbons (Fsp3) is 0.364. The summed E-state index contributed by atoms with van der Waals surface area (Å²) in [6.45, 7) is 0. The van der Waals surface area contributed by atoms with Gasteiger partial charge in [-0.3, -0.25) is 9.80 Å². The monoisotopic (exact) mass is 208 g/mol. The van der Waals surface area contributed by atoms with Crippen molar-refractivity contribution in [2.24, 2.45) is 5.84 Å². The summed E-state index contributed by atoms with van der Waals surface area (Å²) in [4.78, 5) is 11.4. The molecule has 0 aromatic heterocycles. The van der Waals surface area contributed by atoms with Crippen LogP contribution in [0.15, 0.2) is 24.3 Å². The third-order valence-electron chi connectivity index (χ3n) is 2.75. The molecule has 1 aromatic rings. The number of nitrogens with two attached hydrogens (primary N) is 1. The molecule has 1 amide bonds. The molecule has 1 saturated heterocycles. The molecule has 0 bridgehead atoms. The van der Waals surface area contributed by atoms with Gasteiger partial charge in [-0.25, -0.2) is 10.2 Å². The molecular weight excluding hydrogens is 195 g/mol. The second-order valence-corrected chi connectivity index (χ2v) is 3.76. The van der Waals surface area contributed by atoms with E-state index in [1.165, 1.54) is 17.1 Å². The highest BCUT2D eigenvalue weighted by molar-refractivity contribution is 5.76. The van der Waals surface area contributed by atoms with Gasteiger partial charge >= 0.3 is 0 Å². The largest absolute Gasteiger partial charge is 0.273 e. The van der Waals surface area contributed by atoms with Gasteiger partial charge in [-0.15, -0.1) is 0 Å². The highest BCUT2D eigenvalue weighted by atomic mass is 19.1. The number of hydrogen-bond donors (Lipinski definition) is 1. The lowest BCUT2D eigenvalue weighted by Gasteiger charge is -2.31. The lowest BCUT2D eigenvalue weighted by atomic mass is 9.96. The van der Waals surface area contributed by atoms with Crippen molar-refractivity contribution in [3.63, 3.8) is 0 Å². The molecule has 2 N–H and O–H groups in total. The quantitative estimate of drug-likeness (QED) is 0.564. The van der Waals surface area contributed by atoms with Gasteiger partial charge in [0, 0.05) is 6.42 Å². The Labute approximate surface area is 87.6 Å². The Morgan fingerprint density at radius 2 is 2.00 bits per heavy atom. The molecule has 1 unspecified atom stereocenters. The molecule has 15 heavy (non-hydrogen) atoms. The topological polar surface area (TPSA) is 46.3 Å². The predicted octanol–water partition coefficient (Wildman–Crippen LogP) is 1.75. The van der Waals surface area contributed by atoms with Crippen LogP contribution in [0.4, 0.5) is 4.39 Å². The average molecular weight is 208 g/mol. The van der Waals surface area contributed by atoms with Crippen molar-refractivity contribution in [2.75, 3.05) is 0 Å². The van der Waals surface area contributed by atoms with Crippen LogP contribution in [0.1, 0.15) is 30.9 Å². The molecule has 0 spiro atoms. The number of hydrogen-bond acceptors (Lipinski definition) is 2. The normalized spacial score (nSPS) is 21.9. The standard InChI is InChI=1S/C11H13FN2O/c12-9-6-4-8(5-7-9)10-2-1-3-11(15)14(10)13/h4-7,10H,1-3,13H2. The Kier molecular flexibility index (Phi) is 2.68. The van der Waals surface area contributed by atoms with Crippen LogP contribution in [0.3, 0.4) is 0 Å². The van der Waals surface area contributed by atoms with Crippen molar-refractivity contribution in [1.82, 2.24) is 5.01 Å². The van der Waals surface area contributed by atoms with E-state index in [0.717, 1.165) is 18.4 Å². The molecule has 80 valence electrons. The minimum Gasteiger partial charge on any atom is -0.273 e. The van der Waals surface area contributed by atoms with E-state index in [9.17, 15) is 9.18 Å². The van der Waals surface area contributed by atoms with Gasteiger partial charge in [0.05, 0.1) is 6.04 Å². The molecule has 1 aromatic carbocycles. The minimum atomic E-state index is -0.274. The minimum absolute atomic E-state index is 0.0458. The van der Waals surface area contributed by atoms with E-state index in [1.54, 1.807) is 12.1 Å². The maximum atomic E-state index is 12.7. The van der Waals surface area contributed by atoms with E-state index >= 15 is 0 Å². The first-order valence-electron chi connectivity index (χ1n) is 5.00. The van der Waals surface area contributed by atoms with Crippen molar-refractivity contribution in [3.8, 4) is 0 Å². The highest BCUT2D eigenvalue weighted by Crippen LogP contribution is 2.28. The fourth-order valence-electron chi connectivity index (χ4n) is 1.90. The second kappa shape index (κ2) is 3.98. The molecule has 1 aliphatic rings. The van der Waals surface area contributed by atoms with Crippen LogP contribution in [0.25, 0.3) is 0 Å². The van der Waals surface area contributed by atoms with Crippen molar-refractivity contribution in [1.29, 1.82) is 0 Å². The number of carbonyl (C=O) groups excluding carboxylic acids is 1. The van der Waals surface area contributed by atoms with E-state index in [1.807, 2.05) is 0 Å². The third-order valence-corrected chi connectivity index (χ3v) is 2.75. The van der Waals surface area contributed by atoms with Crippen molar-refractivity contribution < 1.29 is 9.18 Å². The van der Waals surface area contributed by atoms with Crippen LogP contribution >= 0.6 is 0 Å². The Balaban J connectivity index is 2.22. The molecule has 0 radical (unpaired) electrons. The Morgan fingerprint density at radius 3 is 2.67 bits per heavy atom. The zero-order chi connectivity index (χ0) is 10.8. The molecule has 1 atom stereocenters. The van der Waals surface area contributed by atoms with E-state index in [0.29, 0.717) is 6.42 Å². The number of benzene rings is 1. The molecule has 1 fully saturated rings. The lowest BCUT2D eigenvalue weighted by Crippen LogP contribution is -2.43. The van der Waals surface area contributed by atoms with E-state index in [2.05, 4.69) is 0 Å². The number of rotatable bonds is 1. The van der Waals surface area contributed by atoms with Crippen LogP contribution < -0.4 is 5.84 Å². The summed E-state index contributed by atoms with van der Waals surface area (Å²) in [7, 11) is 0. The average Bonchev–Trinajstić information content (AvgIpc) is 2.24. The van der Waals surface area contributed by atoms with Gasteiger partial charge in [-0.2, -0.15) is 0 Å². The van der Waals surface area contributed by atoms with Crippen molar-refractivity contribution >= 4 is 5.91 Å². The van der Waals surface area contributed by atoms with Gasteiger partial charge in [0.1, 0.15) is 5.82 Å². The van der Waals surface area contributed by atoms with Gasteiger partial charge < -0.3 is 0 Å².